The fourth-order valence-corrected chi connectivity index (χ4v) is 2.65. The molecule has 1 amide bonds. The SMILES string of the molecule is CCC(CC)NC(=O)CSc1nnc(N)n1C(C)C. The Kier molecular flexibility index (Phi) is 6.14. The van der Waals surface area contributed by atoms with Crippen molar-refractivity contribution >= 4 is 23.6 Å². The maximum atomic E-state index is 11.8. The smallest absolute Gasteiger partial charge is 0.230 e. The summed E-state index contributed by atoms with van der Waals surface area (Å²) in [5, 5.41) is 11.5. The molecule has 0 saturated heterocycles. The number of nitrogen functional groups attached to an aromatic ring is 1. The molecular formula is C12H23N5OS. The topological polar surface area (TPSA) is 85.8 Å². The molecule has 0 spiro atoms. The summed E-state index contributed by atoms with van der Waals surface area (Å²) in [6, 6.07) is 0.431. The molecule has 0 radical (unpaired) electrons. The first kappa shape index (κ1) is 15.8. The maximum absolute atomic E-state index is 11.8. The van der Waals surface area contributed by atoms with E-state index in [1.807, 2.05) is 18.4 Å². The molecule has 0 atom stereocenters. The molecule has 1 aromatic heterocycles. The molecule has 0 bridgehead atoms. The van der Waals surface area contributed by atoms with Crippen molar-refractivity contribution in [1.82, 2.24) is 20.1 Å². The largest absolute Gasteiger partial charge is 0.368 e. The van der Waals surface area contributed by atoms with Crippen LogP contribution in [0.2, 0.25) is 0 Å². The highest BCUT2D eigenvalue weighted by molar-refractivity contribution is 7.99. The summed E-state index contributed by atoms with van der Waals surface area (Å²) in [5.74, 6) is 0.745. The number of hydrogen-bond donors (Lipinski definition) is 2. The van der Waals surface area contributed by atoms with Gasteiger partial charge in [0.15, 0.2) is 5.16 Å². The van der Waals surface area contributed by atoms with Gasteiger partial charge in [-0.25, -0.2) is 0 Å². The molecule has 19 heavy (non-hydrogen) atoms. The molecule has 3 N–H and O–H groups in total. The molecular weight excluding hydrogens is 262 g/mol. The van der Waals surface area contributed by atoms with E-state index in [0.29, 0.717) is 16.9 Å². The van der Waals surface area contributed by atoms with Crippen molar-refractivity contribution in [2.24, 2.45) is 0 Å². The number of nitrogens with zero attached hydrogens (tertiary/aromatic N) is 3. The number of thioether (sulfide) groups is 1. The number of rotatable bonds is 7. The molecule has 6 nitrogen and oxygen atoms in total. The fraction of sp³-hybridized carbons (Fsp3) is 0.750. The van der Waals surface area contributed by atoms with Gasteiger partial charge in [-0.3, -0.25) is 9.36 Å². The highest BCUT2D eigenvalue weighted by Crippen LogP contribution is 2.22. The predicted molar refractivity (Wildman–Crippen MR) is 78.1 cm³/mol. The first-order chi connectivity index (χ1) is 8.99. The van der Waals surface area contributed by atoms with Gasteiger partial charge in [0.1, 0.15) is 0 Å². The van der Waals surface area contributed by atoms with E-state index >= 15 is 0 Å². The number of hydrogen-bond acceptors (Lipinski definition) is 5. The number of aromatic nitrogens is 3. The quantitative estimate of drug-likeness (QED) is 0.747. The minimum absolute atomic E-state index is 0.0237. The van der Waals surface area contributed by atoms with Crippen LogP contribution < -0.4 is 11.1 Å². The second-order valence-corrected chi connectivity index (χ2v) is 5.62. The number of amides is 1. The molecule has 108 valence electrons. The van der Waals surface area contributed by atoms with Crippen molar-refractivity contribution in [3.63, 3.8) is 0 Å². The van der Waals surface area contributed by atoms with Crippen LogP contribution >= 0.6 is 11.8 Å². The van der Waals surface area contributed by atoms with Crippen molar-refractivity contribution in [2.75, 3.05) is 11.5 Å². The van der Waals surface area contributed by atoms with Gasteiger partial charge < -0.3 is 11.1 Å². The molecule has 1 aromatic rings. The van der Waals surface area contributed by atoms with Crippen molar-refractivity contribution in [2.45, 2.75) is 57.8 Å². The van der Waals surface area contributed by atoms with E-state index in [-0.39, 0.29) is 18.0 Å². The molecule has 0 aromatic carbocycles. The third-order valence-corrected chi connectivity index (χ3v) is 3.83. The normalized spacial score (nSPS) is 11.3. The highest BCUT2D eigenvalue weighted by atomic mass is 32.2. The van der Waals surface area contributed by atoms with Gasteiger partial charge in [0.25, 0.3) is 0 Å². The zero-order chi connectivity index (χ0) is 14.4. The molecule has 0 aliphatic carbocycles. The van der Waals surface area contributed by atoms with Gasteiger partial charge in [0, 0.05) is 12.1 Å². The van der Waals surface area contributed by atoms with Crippen LogP contribution in [0.3, 0.4) is 0 Å². The lowest BCUT2D eigenvalue weighted by molar-refractivity contribution is -0.119. The van der Waals surface area contributed by atoms with Gasteiger partial charge in [0.2, 0.25) is 11.9 Å². The van der Waals surface area contributed by atoms with Crippen molar-refractivity contribution in [1.29, 1.82) is 0 Å². The molecule has 0 saturated carbocycles. The summed E-state index contributed by atoms with van der Waals surface area (Å²) in [6.07, 6.45) is 1.89. The molecule has 1 rings (SSSR count). The minimum Gasteiger partial charge on any atom is -0.368 e. The summed E-state index contributed by atoms with van der Waals surface area (Å²) in [4.78, 5) is 11.8. The Labute approximate surface area is 118 Å². The van der Waals surface area contributed by atoms with Gasteiger partial charge in [-0.1, -0.05) is 25.6 Å². The Hall–Kier alpha value is -1.24. The van der Waals surface area contributed by atoms with Gasteiger partial charge in [-0.2, -0.15) is 0 Å². The summed E-state index contributed by atoms with van der Waals surface area (Å²) >= 11 is 1.36. The lowest BCUT2D eigenvalue weighted by atomic mass is 10.2. The first-order valence-corrected chi connectivity index (χ1v) is 7.60. The summed E-state index contributed by atoms with van der Waals surface area (Å²) < 4.78 is 1.83. The number of carbonyl (C=O) groups is 1. The van der Waals surface area contributed by atoms with E-state index in [2.05, 4.69) is 29.4 Å². The third kappa shape index (κ3) is 4.41. The molecule has 1 heterocycles. The van der Waals surface area contributed by atoms with Crippen LogP contribution in [0.15, 0.2) is 5.16 Å². The molecule has 0 aliphatic rings. The Balaban J connectivity index is 2.55. The van der Waals surface area contributed by atoms with E-state index in [0.717, 1.165) is 12.8 Å². The third-order valence-electron chi connectivity index (χ3n) is 2.89. The monoisotopic (exact) mass is 285 g/mol. The van der Waals surface area contributed by atoms with E-state index < -0.39 is 0 Å². The Morgan fingerprint density at radius 2 is 2.00 bits per heavy atom. The average molecular weight is 285 g/mol. The molecule has 0 aliphatic heterocycles. The van der Waals surface area contributed by atoms with Crippen LogP contribution in [0.4, 0.5) is 5.95 Å². The van der Waals surface area contributed by atoms with E-state index in [1.165, 1.54) is 11.8 Å². The fourth-order valence-electron chi connectivity index (χ4n) is 1.76. The van der Waals surface area contributed by atoms with E-state index in [1.54, 1.807) is 0 Å². The van der Waals surface area contributed by atoms with Crippen LogP contribution in [0, 0.1) is 0 Å². The summed E-state index contributed by atoms with van der Waals surface area (Å²) in [7, 11) is 0. The Morgan fingerprint density at radius 1 is 1.37 bits per heavy atom. The van der Waals surface area contributed by atoms with Crippen LogP contribution in [0.25, 0.3) is 0 Å². The van der Waals surface area contributed by atoms with Crippen LogP contribution in [-0.4, -0.2) is 32.5 Å². The number of carbonyl (C=O) groups excluding carboxylic acids is 1. The average Bonchev–Trinajstić information content (AvgIpc) is 2.74. The van der Waals surface area contributed by atoms with Gasteiger partial charge in [0.05, 0.1) is 5.75 Å². The zero-order valence-corrected chi connectivity index (χ0v) is 12.8. The second kappa shape index (κ2) is 7.37. The van der Waals surface area contributed by atoms with E-state index in [9.17, 15) is 4.79 Å². The number of anilines is 1. The Bertz CT molecular complexity index is 414. The van der Waals surface area contributed by atoms with Gasteiger partial charge >= 0.3 is 0 Å². The molecule has 0 unspecified atom stereocenters. The Morgan fingerprint density at radius 3 is 2.53 bits per heavy atom. The number of nitrogens with one attached hydrogen (secondary N) is 1. The minimum atomic E-state index is 0.0237. The van der Waals surface area contributed by atoms with E-state index in [4.69, 9.17) is 5.73 Å². The van der Waals surface area contributed by atoms with Gasteiger partial charge in [-0.15, -0.1) is 10.2 Å². The summed E-state index contributed by atoms with van der Waals surface area (Å²) in [5.41, 5.74) is 5.75. The van der Waals surface area contributed by atoms with Crippen molar-refractivity contribution in [3.05, 3.63) is 0 Å². The van der Waals surface area contributed by atoms with Crippen LogP contribution in [-0.2, 0) is 4.79 Å². The first-order valence-electron chi connectivity index (χ1n) is 6.62. The zero-order valence-electron chi connectivity index (χ0n) is 12.0. The standard InChI is InChI=1S/C12H23N5OS/c1-5-9(6-2)14-10(18)7-19-12-16-15-11(13)17(12)8(3)4/h8-9H,5-7H2,1-4H3,(H2,13,15)(H,14,18). The molecule has 7 heteroatoms. The maximum Gasteiger partial charge on any atom is 0.230 e. The van der Waals surface area contributed by atoms with Gasteiger partial charge in [-0.05, 0) is 26.7 Å². The van der Waals surface area contributed by atoms with Crippen molar-refractivity contribution in [3.8, 4) is 0 Å². The molecule has 0 fully saturated rings. The highest BCUT2D eigenvalue weighted by Gasteiger charge is 2.15. The van der Waals surface area contributed by atoms with Crippen molar-refractivity contribution < 1.29 is 4.79 Å². The lowest BCUT2D eigenvalue weighted by Gasteiger charge is -2.15. The van der Waals surface area contributed by atoms with Crippen LogP contribution in [0.5, 0.6) is 0 Å². The number of nitrogens with two attached hydrogens (primary N) is 1. The summed E-state index contributed by atoms with van der Waals surface area (Å²) in [6.45, 7) is 8.15. The van der Waals surface area contributed by atoms with Crippen LogP contribution in [0.1, 0.15) is 46.6 Å². The predicted octanol–water partition coefficient (Wildman–Crippen LogP) is 1.84. The lowest BCUT2D eigenvalue weighted by Crippen LogP contribution is -2.35. The second-order valence-electron chi connectivity index (χ2n) is 4.67.